The molecule has 2 aliphatic carbocycles. The molecule has 1 aromatic carbocycles. The van der Waals surface area contributed by atoms with Gasteiger partial charge in [0.25, 0.3) is 0 Å². The van der Waals surface area contributed by atoms with E-state index < -0.39 is 0 Å². The average Bonchev–Trinajstić information content (AvgIpc) is 3.55. The van der Waals surface area contributed by atoms with Gasteiger partial charge in [-0.15, -0.1) is 0 Å². The van der Waals surface area contributed by atoms with Crippen molar-refractivity contribution >= 4 is 5.57 Å². The minimum atomic E-state index is 0.767. The highest BCUT2D eigenvalue weighted by atomic mass is 15.1. The third-order valence-corrected chi connectivity index (χ3v) is 5.25. The van der Waals surface area contributed by atoms with E-state index in [2.05, 4.69) is 80.1 Å². The van der Waals surface area contributed by atoms with E-state index in [9.17, 15) is 0 Å². The van der Waals surface area contributed by atoms with Crippen molar-refractivity contribution in [1.29, 1.82) is 0 Å². The van der Waals surface area contributed by atoms with Crippen molar-refractivity contribution in [2.24, 2.45) is 0 Å². The SMILES string of the molecule is C=CC=C1C=C(C2=C(c3cccc(C4CC4)c3)CC=CC=C2)C=CN1C=C. The smallest absolute Gasteiger partial charge is 0.0455 e. The maximum absolute atomic E-state index is 3.90. The molecular weight excluding hydrogens is 326 g/mol. The third kappa shape index (κ3) is 3.73. The summed E-state index contributed by atoms with van der Waals surface area (Å²) in [5.74, 6) is 0.767. The van der Waals surface area contributed by atoms with Gasteiger partial charge >= 0.3 is 0 Å². The zero-order chi connectivity index (χ0) is 18.6. The van der Waals surface area contributed by atoms with Gasteiger partial charge in [0, 0.05) is 18.1 Å². The Kier molecular flexibility index (Phi) is 4.93. The summed E-state index contributed by atoms with van der Waals surface area (Å²) < 4.78 is 0. The minimum absolute atomic E-state index is 0.767. The van der Waals surface area contributed by atoms with Crippen LogP contribution in [-0.2, 0) is 0 Å². The van der Waals surface area contributed by atoms with Gasteiger partial charge in [-0.25, -0.2) is 0 Å². The lowest BCUT2D eigenvalue weighted by molar-refractivity contribution is 0.645. The second kappa shape index (κ2) is 7.67. The van der Waals surface area contributed by atoms with Crippen molar-refractivity contribution in [1.82, 2.24) is 4.90 Å². The Hall–Kier alpha value is -3.06. The van der Waals surface area contributed by atoms with Crippen LogP contribution in [0.15, 0.2) is 115 Å². The van der Waals surface area contributed by atoms with Crippen LogP contribution in [0.2, 0.25) is 0 Å². The van der Waals surface area contributed by atoms with Gasteiger partial charge in [-0.05, 0) is 71.3 Å². The summed E-state index contributed by atoms with van der Waals surface area (Å²) in [4.78, 5) is 2.01. The van der Waals surface area contributed by atoms with Crippen LogP contribution in [0, 0.1) is 0 Å². The molecule has 1 aromatic rings. The van der Waals surface area contributed by atoms with E-state index in [1.54, 1.807) is 0 Å². The van der Waals surface area contributed by atoms with Crippen molar-refractivity contribution in [2.75, 3.05) is 0 Å². The van der Waals surface area contributed by atoms with E-state index in [0.29, 0.717) is 0 Å². The summed E-state index contributed by atoms with van der Waals surface area (Å²) in [6.45, 7) is 7.74. The number of nitrogens with zero attached hydrogens (tertiary/aromatic N) is 1. The first-order chi connectivity index (χ1) is 13.3. The molecule has 0 aromatic heterocycles. The molecule has 0 radical (unpaired) electrons. The van der Waals surface area contributed by atoms with Crippen molar-refractivity contribution in [3.8, 4) is 0 Å². The Bertz CT molecular complexity index is 942. The van der Waals surface area contributed by atoms with E-state index >= 15 is 0 Å². The van der Waals surface area contributed by atoms with Crippen LogP contribution in [0.5, 0.6) is 0 Å². The number of allylic oxidation sites excluding steroid dienone is 11. The molecular formula is C26H25N. The first-order valence-corrected chi connectivity index (χ1v) is 9.60. The second-order valence-corrected chi connectivity index (χ2v) is 7.12. The van der Waals surface area contributed by atoms with Crippen LogP contribution < -0.4 is 0 Å². The molecule has 1 fully saturated rings. The highest BCUT2D eigenvalue weighted by Crippen LogP contribution is 2.41. The predicted molar refractivity (Wildman–Crippen MR) is 116 cm³/mol. The Labute approximate surface area is 162 Å². The van der Waals surface area contributed by atoms with E-state index in [0.717, 1.165) is 18.0 Å². The lowest BCUT2D eigenvalue weighted by Gasteiger charge is -2.23. The van der Waals surface area contributed by atoms with Crippen molar-refractivity contribution in [2.45, 2.75) is 25.2 Å². The van der Waals surface area contributed by atoms with E-state index in [1.165, 1.54) is 40.7 Å². The van der Waals surface area contributed by atoms with Crippen LogP contribution in [-0.4, -0.2) is 4.90 Å². The van der Waals surface area contributed by atoms with Crippen molar-refractivity contribution in [3.05, 3.63) is 126 Å². The molecule has 1 heteroatoms. The highest BCUT2D eigenvalue weighted by Gasteiger charge is 2.24. The lowest BCUT2D eigenvalue weighted by atomic mass is 9.90. The molecule has 0 saturated heterocycles. The topological polar surface area (TPSA) is 3.24 Å². The quantitative estimate of drug-likeness (QED) is 0.563. The van der Waals surface area contributed by atoms with Gasteiger partial charge < -0.3 is 4.90 Å². The predicted octanol–water partition coefficient (Wildman–Crippen LogP) is 6.80. The summed E-state index contributed by atoms with van der Waals surface area (Å²) in [6.07, 6.45) is 24.4. The largest absolute Gasteiger partial charge is 0.324 e. The molecule has 0 bridgehead atoms. The highest BCUT2D eigenvalue weighted by molar-refractivity contribution is 5.79. The van der Waals surface area contributed by atoms with Gasteiger partial charge in [0.1, 0.15) is 0 Å². The normalized spacial score (nSPS) is 20.7. The Morgan fingerprint density at radius 3 is 2.74 bits per heavy atom. The van der Waals surface area contributed by atoms with Crippen molar-refractivity contribution in [3.63, 3.8) is 0 Å². The van der Waals surface area contributed by atoms with Gasteiger partial charge in [0.2, 0.25) is 0 Å². The van der Waals surface area contributed by atoms with Crippen LogP contribution in [0.3, 0.4) is 0 Å². The fourth-order valence-corrected chi connectivity index (χ4v) is 3.68. The molecule has 27 heavy (non-hydrogen) atoms. The number of hydrogen-bond acceptors (Lipinski definition) is 1. The van der Waals surface area contributed by atoms with Gasteiger partial charge in [0.15, 0.2) is 0 Å². The van der Waals surface area contributed by atoms with E-state index in [-0.39, 0.29) is 0 Å². The zero-order valence-electron chi connectivity index (χ0n) is 15.6. The fraction of sp³-hybridized carbons (Fsp3) is 0.154. The molecule has 4 rings (SSSR count). The van der Waals surface area contributed by atoms with Crippen molar-refractivity contribution < 1.29 is 0 Å². The first kappa shape index (κ1) is 17.4. The molecule has 134 valence electrons. The van der Waals surface area contributed by atoms with E-state index in [4.69, 9.17) is 0 Å². The maximum atomic E-state index is 3.90. The Morgan fingerprint density at radius 1 is 1.07 bits per heavy atom. The number of hydrogen-bond donors (Lipinski definition) is 0. The third-order valence-electron chi connectivity index (χ3n) is 5.25. The summed E-state index contributed by atoms with van der Waals surface area (Å²) in [6, 6.07) is 9.12. The van der Waals surface area contributed by atoms with Crippen LogP contribution in [0.1, 0.15) is 36.3 Å². The van der Waals surface area contributed by atoms with Gasteiger partial charge in [-0.3, -0.25) is 0 Å². The minimum Gasteiger partial charge on any atom is -0.324 e. The second-order valence-electron chi connectivity index (χ2n) is 7.12. The number of benzene rings is 1. The summed E-state index contributed by atoms with van der Waals surface area (Å²) >= 11 is 0. The average molecular weight is 351 g/mol. The summed E-state index contributed by atoms with van der Waals surface area (Å²) in [5, 5.41) is 0. The zero-order valence-corrected chi connectivity index (χ0v) is 15.6. The molecule has 1 aliphatic heterocycles. The molecule has 0 amide bonds. The molecule has 1 heterocycles. The molecule has 0 unspecified atom stereocenters. The molecule has 0 N–H and O–H groups in total. The van der Waals surface area contributed by atoms with Crippen LogP contribution in [0.4, 0.5) is 0 Å². The first-order valence-electron chi connectivity index (χ1n) is 9.60. The molecule has 1 nitrogen and oxygen atoms in total. The standard InChI is InChI=1S/C26H25N/c1-3-9-24-19-23(16-17-27(24)4-2)26-13-7-5-6-12-25(26)22-11-8-10-21(18-22)20-14-15-20/h3-11,13,16-20H,1-2,12,14-15H2. The lowest BCUT2D eigenvalue weighted by Crippen LogP contribution is -2.11. The molecule has 0 spiro atoms. The Morgan fingerprint density at radius 2 is 1.96 bits per heavy atom. The molecule has 0 atom stereocenters. The van der Waals surface area contributed by atoms with Crippen LogP contribution >= 0.6 is 0 Å². The molecule has 1 saturated carbocycles. The van der Waals surface area contributed by atoms with Gasteiger partial charge in [-0.2, -0.15) is 0 Å². The van der Waals surface area contributed by atoms with E-state index in [1.807, 2.05) is 23.3 Å². The van der Waals surface area contributed by atoms with Gasteiger partial charge in [-0.1, -0.05) is 67.8 Å². The monoisotopic (exact) mass is 351 g/mol. The Balaban J connectivity index is 1.81. The summed E-state index contributed by atoms with van der Waals surface area (Å²) in [5.41, 5.74) is 7.76. The fourth-order valence-electron chi connectivity index (χ4n) is 3.68. The summed E-state index contributed by atoms with van der Waals surface area (Å²) in [7, 11) is 0. The molecule has 3 aliphatic rings. The van der Waals surface area contributed by atoms with Gasteiger partial charge in [0.05, 0.1) is 0 Å². The maximum Gasteiger partial charge on any atom is 0.0455 e. The number of rotatable bonds is 5. The van der Waals surface area contributed by atoms with Crippen LogP contribution in [0.25, 0.3) is 5.57 Å².